The second-order valence-corrected chi connectivity index (χ2v) is 6.19. The van der Waals surface area contributed by atoms with Gasteiger partial charge in [-0.25, -0.2) is 0 Å². The number of para-hydroxylation sites is 2. The highest BCUT2D eigenvalue weighted by atomic mass is 16.5. The second kappa shape index (κ2) is 8.61. The van der Waals surface area contributed by atoms with Gasteiger partial charge in [-0.05, 0) is 49.6 Å². The Morgan fingerprint density at radius 1 is 1.08 bits per heavy atom. The zero-order chi connectivity index (χ0) is 18.4. The van der Waals surface area contributed by atoms with Crippen molar-refractivity contribution in [1.82, 2.24) is 4.90 Å². The summed E-state index contributed by atoms with van der Waals surface area (Å²) in [6, 6.07) is 15.5. The van der Waals surface area contributed by atoms with Gasteiger partial charge in [-0.2, -0.15) is 0 Å². The number of carbonyl (C=O) groups excluding carboxylic acids is 1. The quantitative estimate of drug-likeness (QED) is 0.757. The van der Waals surface area contributed by atoms with Gasteiger partial charge in [-0.15, -0.1) is 0 Å². The summed E-state index contributed by atoms with van der Waals surface area (Å²) < 4.78 is 16.5. The summed E-state index contributed by atoms with van der Waals surface area (Å²) in [6.07, 6.45) is 1.96. The molecule has 1 fully saturated rings. The molecular weight excluding hydrogens is 330 g/mol. The molecule has 2 aromatic rings. The lowest BCUT2D eigenvalue weighted by Crippen LogP contribution is -2.34. The summed E-state index contributed by atoms with van der Waals surface area (Å²) in [7, 11) is 1.65. The predicted molar refractivity (Wildman–Crippen MR) is 99.8 cm³/mol. The van der Waals surface area contributed by atoms with Crippen molar-refractivity contribution in [2.75, 3.05) is 26.9 Å². The number of ether oxygens (including phenoxy) is 3. The maximum Gasteiger partial charge on any atom is 0.261 e. The molecule has 1 amide bonds. The Kier molecular flexibility index (Phi) is 6.00. The lowest BCUT2D eigenvalue weighted by molar-refractivity contribution is -0.134. The van der Waals surface area contributed by atoms with E-state index in [1.54, 1.807) is 7.11 Å². The monoisotopic (exact) mass is 355 g/mol. The van der Waals surface area contributed by atoms with Crippen molar-refractivity contribution in [3.8, 4) is 17.2 Å². The van der Waals surface area contributed by atoms with Crippen molar-refractivity contribution in [1.29, 1.82) is 0 Å². The lowest BCUT2D eigenvalue weighted by Gasteiger charge is -2.25. The van der Waals surface area contributed by atoms with Gasteiger partial charge < -0.3 is 19.1 Å². The van der Waals surface area contributed by atoms with Crippen LogP contribution in [0.2, 0.25) is 0 Å². The summed E-state index contributed by atoms with van der Waals surface area (Å²) >= 11 is 0. The molecular formula is C21H25NO4. The van der Waals surface area contributed by atoms with Gasteiger partial charge in [-0.1, -0.05) is 24.3 Å². The van der Waals surface area contributed by atoms with E-state index in [-0.39, 0.29) is 18.6 Å². The Hall–Kier alpha value is -2.69. The number of rotatable bonds is 7. The number of methoxy groups -OCH3 is 1. The third kappa shape index (κ3) is 4.10. The van der Waals surface area contributed by atoms with E-state index in [4.69, 9.17) is 14.2 Å². The van der Waals surface area contributed by atoms with E-state index >= 15 is 0 Å². The maximum absolute atomic E-state index is 12.7. The van der Waals surface area contributed by atoms with Gasteiger partial charge in [0, 0.05) is 6.54 Å². The summed E-state index contributed by atoms with van der Waals surface area (Å²) in [5, 5.41) is 0. The Labute approximate surface area is 154 Å². The fraction of sp³-hybridized carbons (Fsp3) is 0.381. The molecule has 0 N–H and O–H groups in total. The summed E-state index contributed by atoms with van der Waals surface area (Å²) in [4.78, 5) is 14.6. The Morgan fingerprint density at radius 2 is 1.77 bits per heavy atom. The van der Waals surface area contributed by atoms with Crippen molar-refractivity contribution in [3.63, 3.8) is 0 Å². The van der Waals surface area contributed by atoms with Crippen molar-refractivity contribution >= 4 is 5.91 Å². The summed E-state index contributed by atoms with van der Waals surface area (Å²) in [5.41, 5.74) is 1.13. The number of benzene rings is 2. The van der Waals surface area contributed by atoms with Crippen LogP contribution in [0.5, 0.6) is 17.2 Å². The van der Waals surface area contributed by atoms with Gasteiger partial charge in [-0.3, -0.25) is 4.79 Å². The molecule has 26 heavy (non-hydrogen) atoms. The topological polar surface area (TPSA) is 48.0 Å². The van der Waals surface area contributed by atoms with Crippen molar-refractivity contribution in [2.45, 2.75) is 25.8 Å². The van der Waals surface area contributed by atoms with Crippen LogP contribution in [0.25, 0.3) is 0 Å². The maximum atomic E-state index is 12.7. The van der Waals surface area contributed by atoms with Gasteiger partial charge in [0.1, 0.15) is 5.75 Å². The zero-order valence-corrected chi connectivity index (χ0v) is 15.3. The minimum absolute atomic E-state index is 0.00498. The lowest BCUT2D eigenvalue weighted by atomic mass is 10.0. The molecule has 1 aliphatic rings. The molecule has 1 heterocycles. The van der Waals surface area contributed by atoms with Gasteiger partial charge in [0.2, 0.25) is 0 Å². The molecule has 0 aromatic heterocycles. The highest BCUT2D eigenvalue weighted by Crippen LogP contribution is 2.33. The number of carbonyl (C=O) groups is 1. The van der Waals surface area contributed by atoms with Crippen molar-refractivity contribution in [3.05, 3.63) is 54.1 Å². The van der Waals surface area contributed by atoms with E-state index < -0.39 is 0 Å². The fourth-order valence-corrected chi connectivity index (χ4v) is 3.30. The summed E-state index contributed by atoms with van der Waals surface area (Å²) in [6.45, 7) is 3.24. The van der Waals surface area contributed by atoms with E-state index in [0.29, 0.717) is 18.1 Å². The van der Waals surface area contributed by atoms with E-state index in [1.807, 2.05) is 60.4 Å². The standard InChI is InChI=1S/C21H25NO4/c1-3-25-19-8-4-5-9-20(19)26-15-21(23)22-14-6-7-18(22)16-10-12-17(24-2)13-11-16/h4-5,8-13,18H,3,6-7,14-15H2,1-2H3. The van der Waals surface area contributed by atoms with Crippen LogP contribution in [-0.2, 0) is 4.79 Å². The van der Waals surface area contributed by atoms with E-state index in [1.165, 1.54) is 0 Å². The Bertz CT molecular complexity index is 729. The number of amides is 1. The van der Waals surface area contributed by atoms with Crippen LogP contribution in [0.4, 0.5) is 0 Å². The first kappa shape index (κ1) is 18.1. The molecule has 0 saturated carbocycles. The molecule has 0 spiro atoms. The third-order valence-corrected chi connectivity index (χ3v) is 4.57. The van der Waals surface area contributed by atoms with Crippen LogP contribution < -0.4 is 14.2 Å². The average Bonchev–Trinajstić information content (AvgIpc) is 3.17. The highest BCUT2D eigenvalue weighted by molar-refractivity contribution is 5.78. The molecule has 1 atom stereocenters. The minimum atomic E-state index is -0.00498. The molecule has 1 unspecified atom stereocenters. The smallest absolute Gasteiger partial charge is 0.261 e. The molecule has 1 aliphatic heterocycles. The Balaban J connectivity index is 1.65. The van der Waals surface area contributed by atoms with E-state index in [0.717, 1.165) is 30.7 Å². The SMILES string of the molecule is CCOc1ccccc1OCC(=O)N1CCCC1c1ccc(OC)cc1. The van der Waals surface area contributed by atoms with Crippen LogP contribution in [-0.4, -0.2) is 37.7 Å². The number of likely N-dealkylation sites (tertiary alicyclic amines) is 1. The molecule has 5 nitrogen and oxygen atoms in total. The molecule has 1 saturated heterocycles. The van der Waals surface area contributed by atoms with Crippen LogP contribution in [0, 0.1) is 0 Å². The number of nitrogens with zero attached hydrogens (tertiary/aromatic N) is 1. The highest BCUT2D eigenvalue weighted by Gasteiger charge is 2.30. The zero-order valence-electron chi connectivity index (χ0n) is 15.3. The molecule has 0 aliphatic carbocycles. The average molecular weight is 355 g/mol. The third-order valence-electron chi connectivity index (χ3n) is 4.57. The van der Waals surface area contributed by atoms with Crippen LogP contribution in [0.3, 0.4) is 0 Å². The predicted octanol–water partition coefficient (Wildman–Crippen LogP) is 3.84. The van der Waals surface area contributed by atoms with Crippen molar-refractivity contribution < 1.29 is 19.0 Å². The van der Waals surface area contributed by atoms with E-state index in [2.05, 4.69) is 0 Å². The van der Waals surface area contributed by atoms with Crippen LogP contribution in [0.15, 0.2) is 48.5 Å². The number of hydrogen-bond acceptors (Lipinski definition) is 4. The number of hydrogen-bond donors (Lipinski definition) is 0. The molecule has 2 aromatic carbocycles. The van der Waals surface area contributed by atoms with Crippen LogP contribution in [0.1, 0.15) is 31.4 Å². The van der Waals surface area contributed by atoms with E-state index in [9.17, 15) is 4.79 Å². The molecule has 3 rings (SSSR count). The first-order valence-electron chi connectivity index (χ1n) is 9.01. The van der Waals surface area contributed by atoms with Gasteiger partial charge in [0.15, 0.2) is 18.1 Å². The Morgan fingerprint density at radius 3 is 2.42 bits per heavy atom. The molecule has 138 valence electrons. The second-order valence-electron chi connectivity index (χ2n) is 6.19. The van der Waals surface area contributed by atoms with Gasteiger partial charge >= 0.3 is 0 Å². The minimum Gasteiger partial charge on any atom is -0.497 e. The molecule has 0 bridgehead atoms. The van der Waals surface area contributed by atoms with Crippen molar-refractivity contribution in [2.24, 2.45) is 0 Å². The van der Waals surface area contributed by atoms with Gasteiger partial charge in [0.05, 0.1) is 19.8 Å². The van der Waals surface area contributed by atoms with Crippen LogP contribution >= 0.6 is 0 Å². The largest absolute Gasteiger partial charge is 0.497 e. The first-order chi connectivity index (χ1) is 12.7. The molecule has 5 heteroatoms. The van der Waals surface area contributed by atoms with Gasteiger partial charge in [0.25, 0.3) is 5.91 Å². The first-order valence-corrected chi connectivity index (χ1v) is 9.01. The normalized spacial score (nSPS) is 16.4. The summed E-state index contributed by atoms with van der Waals surface area (Å²) in [5.74, 6) is 2.08. The fourth-order valence-electron chi connectivity index (χ4n) is 3.30. The molecule has 0 radical (unpaired) electrons.